The average molecular weight is 287 g/mol. The molecular formula is C17H21NO3. The molecule has 3 atom stereocenters. The molecule has 1 aliphatic carbocycles. The number of carbonyl (C=O) groups excluding carboxylic acids is 2. The molecular weight excluding hydrogens is 266 g/mol. The Balaban J connectivity index is 1.74. The number of β-amino-alcohol motifs (C(OH)–C–C–N with tert-alkyl or cyclic N) is 1. The minimum Gasteiger partial charge on any atom is -0.387 e. The third-order valence-corrected chi connectivity index (χ3v) is 5.16. The molecule has 21 heavy (non-hydrogen) atoms. The van der Waals surface area contributed by atoms with Crippen molar-refractivity contribution in [3.8, 4) is 0 Å². The lowest BCUT2D eigenvalue weighted by atomic mass is 10.0. The number of rotatable bonds is 3. The van der Waals surface area contributed by atoms with Gasteiger partial charge in [0.05, 0.1) is 24.5 Å². The molecule has 3 rings (SSSR count). The van der Waals surface area contributed by atoms with Crippen molar-refractivity contribution >= 4 is 11.8 Å². The van der Waals surface area contributed by atoms with Gasteiger partial charge in [-0.15, -0.1) is 0 Å². The van der Waals surface area contributed by atoms with E-state index in [1.54, 1.807) is 0 Å². The van der Waals surface area contributed by atoms with Crippen molar-refractivity contribution in [2.24, 2.45) is 17.3 Å². The molecule has 112 valence electrons. The molecule has 1 N–H and O–H groups in total. The van der Waals surface area contributed by atoms with Crippen molar-refractivity contribution in [3.05, 3.63) is 34.9 Å². The monoisotopic (exact) mass is 287 g/mol. The number of piperidine rings is 1. The summed E-state index contributed by atoms with van der Waals surface area (Å²) in [4.78, 5) is 25.7. The van der Waals surface area contributed by atoms with Gasteiger partial charge in [0.25, 0.3) is 0 Å². The fraction of sp³-hybridized carbons (Fsp3) is 0.529. The van der Waals surface area contributed by atoms with Crippen LogP contribution < -0.4 is 0 Å². The van der Waals surface area contributed by atoms with E-state index in [-0.39, 0.29) is 35.6 Å². The summed E-state index contributed by atoms with van der Waals surface area (Å²) in [6.45, 7) is 7.96. The summed E-state index contributed by atoms with van der Waals surface area (Å²) >= 11 is 0. The van der Waals surface area contributed by atoms with Crippen molar-refractivity contribution in [3.63, 3.8) is 0 Å². The topological polar surface area (TPSA) is 57.6 Å². The van der Waals surface area contributed by atoms with Crippen molar-refractivity contribution in [1.82, 2.24) is 4.90 Å². The van der Waals surface area contributed by atoms with Crippen LogP contribution in [0.15, 0.2) is 18.2 Å². The van der Waals surface area contributed by atoms with Crippen LogP contribution in [-0.2, 0) is 9.59 Å². The van der Waals surface area contributed by atoms with E-state index in [0.717, 1.165) is 16.7 Å². The molecule has 1 saturated heterocycles. The highest BCUT2D eigenvalue weighted by atomic mass is 16.3. The number of imide groups is 1. The summed E-state index contributed by atoms with van der Waals surface area (Å²) in [5, 5.41) is 10.3. The number of aliphatic hydroxyl groups excluding tert-OH is 1. The second kappa shape index (κ2) is 4.41. The van der Waals surface area contributed by atoms with E-state index < -0.39 is 6.10 Å². The van der Waals surface area contributed by atoms with Crippen LogP contribution in [0.25, 0.3) is 0 Å². The Labute approximate surface area is 124 Å². The largest absolute Gasteiger partial charge is 0.387 e. The molecule has 2 aliphatic rings. The molecule has 0 bridgehead atoms. The number of carbonyl (C=O) groups is 2. The number of nitrogens with zero attached hydrogens (tertiary/aromatic N) is 1. The summed E-state index contributed by atoms with van der Waals surface area (Å²) in [6, 6.07) is 5.71. The van der Waals surface area contributed by atoms with Gasteiger partial charge in [-0.3, -0.25) is 14.5 Å². The predicted octanol–water partition coefficient (Wildman–Crippen LogP) is 1.98. The highest BCUT2D eigenvalue weighted by Crippen LogP contribution is 2.63. The quantitative estimate of drug-likeness (QED) is 0.865. The Kier molecular flexibility index (Phi) is 2.99. The van der Waals surface area contributed by atoms with E-state index in [1.165, 1.54) is 4.90 Å². The maximum atomic E-state index is 12.3. The van der Waals surface area contributed by atoms with Gasteiger partial charge in [-0.05, 0) is 36.0 Å². The molecule has 1 heterocycles. The normalized spacial score (nSPS) is 27.8. The zero-order valence-electron chi connectivity index (χ0n) is 12.9. The Morgan fingerprint density at radius 2 is 1.71 bits per heavy atom. The molecule has 4 heteroatoms. The lowest BCUT2D eigenvalue weighted by Gasteiger charge is -2.23. The number of likely N-dealkylation sites (tertiary alicyclic amines) is 1. The number of amides is 2. The van der Waals surface area contributed by atoms with Crippen LogP contribution in [0.1, 0.15) is 36.6 Å². The van der Waals surface area contributed by atoms with Gasteiger partial charge in [0.15, 0.2) is 0 Å². The average Bonchev–Trinajstić information content (AvgIpc) is 2.89. The highest BCUT2D eigenvalue weighted by molar-refractivity contribution is 6.10. The number of fused-ring (bicyclic) bond motifs is 1. The fourth-order valence-electron chi connectivity index (χ4n) is 3.43. The van der Waals surface area contributed by atoms with Gasteiger partial charge in [-0.2, -0.15) is 0 Å². The Morgan fingerprint density at radius 3 is 2.24 bits per heavy atom. The molecule has 2 amide bonds. The number of hydrogen-bond acceptors (Lipinski definition) is 3. The Bertz CT molecular complexity index is 611. The van der Waals surface area contributed by atoms with Gasteiger partial charge < -0.3 is 5.11 Å². The molecule has 4 nitrogen and oxygen atoms in total. The van der Waals surface area contributed by atoms with Gasteiger partial charge in [0, 0.05) is 0 Å². The van der Waals surface area contributed by atoms with Crippen LogP contribution in [0, 0.1) is 31.1 Å². The third kappa shape index (κ3) is 2.01. The molecule has 0 spiro atoms. The number of aryl methyl sites for hydroxylation is 2. The van der Waals surface area contributed by atoms with Gasteiger partial charge in [0.2, 0.25) is 11.8 Å². The predicted molar refractivity (Wildman–Crippen MR) is 78.4 cm³/mol. The van der Waals surface area contributed by atoms with E-state index in [9.17, 15) is 14.7 Å². The maximum Gasteiger partial charge on any atom is 0.233 e. The molecule has 0 radical (unpaired) electrons. The van der Waals surface area contributed by atoms with Crippen LogP contribution in [-0.4, -0.2) is 28.4 Å². The van der Waals surface area contributed by atoms with Gasteiger partial charge >= 0.3 is 0 Å². The van der Waals surface area contributed by atoms with Gasteiger partial charge in [0.1, 0.15) is 0 Å². The first-order valence-corrected chi connectivity index (χ1v) is 7.35. The Hall–Kier alpha value is -1.68. The van der Waals surface area contributed by atoms with Crippen LogP contribution in [0.5, 0.6) is 0 Å². The lowest BCUT2D eigenvalue weighted by Crippen LogP contribution is -2.39. The summed E-state index contributed by atoms with van der Waals surface area (Å²) in [5.41, 5.74) is 2.80. The van der Waals surface area contributed by atoms with E-state index in [4.69, 9.17) is 0 Å². The first kappa shape index (κ1) is 14.3. The minimum atomic E-state index is -0.821. The molecule has 2 fully saturated rings. The Morgan fingerprint density at radius 1 is 1.14 bits per heavy atom. The number of benzene rings is 1. The first-order valence-electron chi connectivity index (χ1n) is 7.35. The highest BCUT2D eigenvalue weighted by Gasteiger charge is 2.72. The molecule has 1 aromatic rings. The third-order valence-electron chi connectivity index (χ3n) is 5.16. The molecule has 3 unspecified atom stereocenters. The number of hydrogen-bond donors (Lipinski definition) is 1. The van der Waals surface area contributed by atoms with Crippen molar-refractivity contribution in [2.45, 2.75) is 33.8 Å². The summed E-state index contributed by atoms with van der Waals surface area (Å²) < 4.78 is 0. The van der Waals surface area contributed by atoms with E-state index in [2.05, 4.69) is 0 Å². The maximum absolute atomic E-state index is 12.3. The summed E-state index contributed by atoms with van der Waals surface area (Å²) in [5.74, 6) is -0.621. The fourth-order valence-corrected chi connectivity index (χ4v) is 3.43. The van der Waals surface area contributed by atoms with Crippen LogP contribution in [0.2, 0.25) is 0 Å². The lowest BCUT2D eigenvalue weighted by molar-refractivity contribution is -0.144. The first-order chi connectivity index (χ1) is 9.75. The second-order valence-electron chi connectivity index (χ2n) is 6.92. The number of aliphatic hydroxyl groups is 1. The van der Waals surface area contributed by atoms with E-state index in [0.29, 0.717) is 0 Å². The summed E-state index contributed by atoms with van der Waals surface area (Å²) in [6.07, 6.45) is -0.821. The van der Waals surface area contributed by atoms with Crippen LogP contribution in [0.3, 0.4) is 0 Å². The zero-order chi connectivity index (χ0) is 15.5. The van der Waals surface area contributed by atoms with Gasteiger partial charge in [-0.1, -0.05) is 32.0 Å². The molecule has 1 aromatic carbocycles. The summed E-state index contributed by atoms with van der Waals surface area (Å²) in [7, 11) is 0. The standard InChI is InChI=1S/C17H21NO3/c1-9-5-6-11(7-10(9)2)12(19)8-18-15(20)13-14(16(18)21)17(13,3)4/h5-7,12-14,19H,8H2,1-4H3. The minimum absolute atomic E-state index is 0.0588. The molecule has 1 saturated carbocycles. The molecule has 0 aromatic heterocycles. The van der Waals surface area contributed by atoms with Crippen molar-refractivity contribution < 1.29 is 14.7 Å². The van der Waals surface area contributed by atoms with Crippen LogP contribution >= 0.6 is 0 Å². The van der Waals surface area contributed by atoms with E-state index in [1.807, 2.05) is 45.9 Å². The SMILES string of the molecule is Cc1ccc(C(O)CN2C(=O)C3C(C2=O)C3(C)C)cc1C. The molecule has 1 aliphatic heterocycles. The van der Waals surface area contributed by atoms with Gasteiger partial charge in [-0.25, -0.2) is 0 Å². The van der Waals surface area contributed by atoms with E-state index >= 15 is 0 Å². The second-order valence-corrected chi connectivity index (χ2v) is 6.92. The van der Waals surface area contributed by atoms with Crippen molar-refractivity contribution in [2.75, 3.05) is 6.54 Å². The van der Waals surface area contributed by atoms with Crippen molar-refractivity contribution in [1.29, 1.82) is 0 Å². The zero-order valence-corrected chi connectivity index (χ0v) is 12.9. The van der Waals surface area contributed by atoms with Crippen LogP contribution in [0.4, 0.5) is 0 Å². The smallest absolute Gasteiger partial charge is 0.233 e.